The molecule has 0 radical (unpaired) electrons. The summed E-state index contributed by atoms with van der Waals surface area (Å²) in [5.41, 5.74) is 0. The van der Waals surface area contributed by atoms with Gasteiger partial charge < -0.3 is 33.8 Å². The van der Waals surface area contributed by atoms with Crippen LogP contribution in [0.4, 0.5) is 0 Å². The van der Waals surface area contributed by atoms with Gasteiger partial charge in [0.1, 0.15) is 19.3 Å². The molecule has 0 bridgehead atoms. The van der Waals surface area contributed by atoms with Gasteiger partial charge in [-0.15, -0.1) is 0 Å². The van der Waals surface area contributed by atoms with Gasteiger partial charge in [0, 0.05) is 25.7 Å². The van der Waals surface area contributed by atoms with Crippen LogP contribution >= 0.6 is 15.6 Å². The van der Waals surface area contributed by atoms with Gasteiger partial charge in [-0.25, -0.2) is 9.13 Å². The Morgan fingerprint density at radius 1 is 0.269 bits per heavy atom. The molecule has 0 rings (SSSR count). The lowest BCUT2D eigenvalue weighted by Gasteiger charge is -2.21. The number of phosphoric acid groups is 2. The Labute approximate surface area is 631 Å². The van der Waals surface area contributed by atoms with E-state index < -0.39 is 97.5 Å². The number of phosphoric ester groups is 2. The van der Waals surface area contributed by atoms with Crippen LogP contribution in [-0.4, -0.2) is 96.7 Å². The second-order valence-electron chi connectivity index (χ2n) is 26.6. The first-order chi connectivity index (χ1) is 50.7. The Bertz CT molecular complexity index is 2490. The van der Waals surface area contributed by atoms with Gasteiger partial charge in [-0.3, -0.25) is 37.3 Å². The second kappa shape index (κ2) is 76.4. The first kappa shape index (κ1) is 99.2. The number of carbonyl (C=O) groups excluding carboxylic acids is 4. The molecule has 596 valence electrons. The Morgan fingerprint density at radius 3 is 0.798 bits per heavy atom. The minimum absolute atomic E-state index is 0.00402. The lowest BCUT2D eigenvalue weighted by atomic mass is 10.1. The maximum absolute atomic E-state index is 13.1. The number of aliphatic hydroxyl groups is 1. The lowest BCUT2D eigenvalue weighted by molar-refractivity contribution is -0.161. The summed E-state index contributed by atoms with van der Waals surface area (Å²) in [6.45, 7) is 4.65. The molecule has 0 heterocycles. The largest absolute Gasteiger partial charge is 0.472 e. The number of hydrogen-bond acceptors (Lipinski definition) is 15. The van der Waals surface area contributed by atoms with E-state index in [-0.39, 0.29) is 25.7 Å². The molecule has 104 heavy (non-hydrogen) atoms. The van der Waals surface area contributed by atoms with Gasteiger partial charge in [0.2, 0.25) is 0 Å². The topological polar surface area (TPSA) is 237 Å². The van der Waals surface area contributed by atoms with Gasteiger partial charge in [0.15, 0.2) is 12.2 Å². The summed E-state index contributed by atoms with van der Waals surface area (Å²) < 4.78 is 68.5. The predicted octanol–water partition coefficient (Wildman–Crippen LogP) is 23.7. The molecule has 2 unspecified atom stereocenters. The zero-order valence-electron chi connectivity index (χ0n) is 65.2. The van der Waals surface area contributed by atoms with Crippen LogP contribution in [0.5, 0.6) is 0 Å². The van der Waals surface area contributed by atoms with E-state index in [1.54, 1.807) is 0 Å². The highest BCUT2D eigenvalue weighted by molar-refractivity contribution is 7.47. The molecule has 0 saturated heterocycles. The summed E-state index contributed by atoms with van der Waals surface area (Å²) in [5.74, 6) is -2.33. The maximum atomic E-state index is 13.1. The molecule has 0 aliphatic carbocycles. The van der Waals surface area contributed by atoms with Crippen LogP contribution in [0.1, 0.15) is 323 Å². The van der Waals surface area contributed by atoms with Crippen molar-refractivity contribution in [2.24, 2.45) is 0 Å². The van der Waals surface area contributed by atoms with Gasteiger partial charge >= 0.3 is 39.5 Å². The number of hydrogen-bond donors (Lipinski definition) is 3. The quantitative estimate of drug-likeness (QED) is 0.0169. The molecule has 0 aliphatic rings. The minimum atomic E-state index is -5.01. The van der Waals surface area contributed by atoms with Crippen molar-refractivity contribution in [3.05, 3.63) is 134 Å². The number of unbranched alkanes of at least 4 members (excludes halogenated alkanes) is 27. The molecule has 17 nitrogen and oxygen atoms in total. The summed E-state index contributed by atoms with van der Waals surface area (Å²) in [6, 6.07) is 0. The van der Waals surface area contributed by atoms with Gasteiger partial charge in [-0.1, -0.05) is 271 Å². The fraction of sp³-hybridized carbons (Fsp3) is 0.694. The zero-order valence-corrected chi connectivity index (χ0v) is 66.9. The number of allylic oxidation sites excluding steroid dienone is 22. The summed E-state index contributed by atoms with van der Waals surface area (Å²) >= 11 is 0. The van der Waals surface area contributed by atoms with Crippen LogP contribution in [0, 0.1) is 0 Å². The van der Waals surface area contributed by atoms with E-state index in [0.29, 0.717) is 38.5 Å². The number of aliphatic hydroxyl groups excluding tert-OH is 1. The van der Waals surface area contributed by atoms with E-state index in [0.717, 1.165) is 135 Å². The Balaban J connectivity index is 5.49. The van der Waals surface area contributed by atoms with Crippen LogP contribution in [-0.2, 0) is 65.4 Å². The summed E-state index contributed by atoms with van der Waals surface area (Å²) in [5, 5.41) is 10.6. The molecule has 0 aromatic rings. The third kappa shape index (κ3) is 75.4. The number of ether oxygens (including phenoxy) is 4. The van der Waals surface area contributed by atoms with E-state index in [4.69, 9.17) is 37.0 Å². The molecule has 0 aromatic heterocycles. The minimum Gasteiger partial charge on any atom is -0.462 e. The Hall–Kier alpha value is -4.80. The molecular weight excluding hydrogens is 1350 g/mol. The zero-order chi connectivity index (χ0) is 76.0. The van der Waals surface area contributed by atoms with Crippen LogP contribution < -0.4 is 0 Å². The number of rotatable bonds is 75. The van der Waals surface area contributed by atoms with Crippen molar-refractivity contribution in [3.8, 4) is 0 Å². The average molecular weight is 1500 g/mol. The first-order valence-electron chi connectivity index (χ1n) is 40.4. The Morgan fingerprint density at radius 2 is 0.481 bits per heavy atom. The van der Waals surface area contributed by atoms with Crippen molar-refractivity contribution in [2.75, 3.05) is 39.6 Å². The standard InChI is InChI=1S/C85H144O17P2/c1-5-9-13-17-21-25-29-33-37-39-43-46-50-54-58-62-66-70-83(88)96-76-81(102-85(90)72-68-64-60-56-52-48-44-40-38-34-30-26-22-18-14-10-6-2)78-100-104(93,94)98-74-79(86)73-97-103(91,92)99-77-80(101-84(89)71-67-63-59-55-51-47-42-36-32-28-24-20-16-12-8-4)75-95-82(87)69-65-61-57-53-49-45-41-35-31-27-23-19-15-11-7-3/h21-23,25-27,33-38,41-44,46,48,54,56,58,60,79-81,86H,5-20,24,28-32,39-40,45,47,49-53,55,57,59,61-78H2,1-4H3,(H,91,92)(H,93,94)/b25-21-,26-22-,27-23-,37-33-,38-34-,41-35-,42-36-,46-43-,48-44-,58-54-,60-56-/t79-,80+,81+/m0/s1. The molecular formula is C85H144O17P2. The molecule has 0 saturated carbocycles. The van der Waals surface area contributed by atoms with Gasteiger partial charge in [-0.05, 0) is 161 Å². The van der Waals surface area contributed by atoms with Gasteiger partial charge in [0.05, 0.1) is 26.4 Å². The third-order valence-electron chi connectivity index (χ3n) is 16.6. The van der Waals surface area contributed by atoms with Crippen LogP contribution in [0.2, 0.25) is 0 Å². The number of carbonyl (C=O) groups is 4. The fourth-order valence-corrected chi connectivity index (χ4v) is 11.9. The molecule has 5 atom stereocenters. The van der Waals surface area contributed by atoms with Crippen molar-refractivity contribution in [1.82, 2.24) is 0 Å². The smallest absolute Gasteiger partial charge is 0.462 e. The van der Waals surface area contributed by atoms with Crippen LogP contribution in [0.3, 0.4) is 0 Å². The van der Waals surface area contributed by atoms with E-state index in [1.165, 1.54) is 96.3 Å². The van der Waals surface area contributed by atoms with E-state index >= 15 is 0 Å². The number of esters is 4. The highest BCUT2D eigenvalue weighted by atomic mass is 31.2. The third-order valence-corrected chi connectivity index (χ3v) is 18.5. The van der Waals surface area contributed by atoms with E-state index in [2.05, 4.69) is 137 Å². The predicted molar refractivity (Wildman–Crippen MR) is 427 cm³/mol. The summed E-state index contributed by atoms with van der Waals surface area (Å²) in [4.78, 5) is 73.0. The van der Waals surface area contributed by atoms with Crippen LogP contribution in [0.15, 0.2) is 134 Å². The van der Waals surface area contributed by atoms with Gasteiger partial charge in [-0.2, -0.15) is 0 Å². The van der Waals surface area contributed by atoms with Crippen molar-refractivity contribution >= 4 is 39.5 Å². The van der Waals surface area contributed by atoms with E-state index in [1.807, 2.05) is 24.3 Å². The fourth-order valence-electron chi connectivity index (χ4n) is 10.3. The molecule has 0 fully saturated rings. The highest BCUT2D eigenvalue weighted by Crippen LogP contribution is 2.45. The maximum Gasteiger partial charge on any atom is 0.472 e. The Kier molecular flexibility index (Phi) is 72.9. The molecule has 3 N–H and O–H groups in total. The van der Waals surface area contributed by atoms with Crippen molar-refractivity contribution in [2.45, 2.75) is 341 Å². The lowest BCUT2D eigenvalue weighted by Crippen LogP contribution is -2.30. The molecule has 0 aliphatic heterocycles. The van der Waals surface area contributed by atoms with Crippen molar-refractivity contribution in [1.29, 1.82) is 0 Å². The monoisotopic (exact) mass is 1500 g/mol. The molecule has 0 spiro atoms. The van der Waals surface area contributed by atoms with Crippen molar-refractivity contribution in [3.63, 3.8) is 0 Å². The van der Waals surface area contributed by atoms with Crippen molar-refractivity contribution < 1.29 is 80.2 Å². The molecule has 19 heteroatoms. The normalized spacial score (nSPS) is 14.6. The van der Waals surface area contributed by atoms with Gasteiger partial charge in [0.25, 0.3) is 0 Å². The SMILES string of the molecule is CCCCC/C=C\C/C=C\C/C=C\C/C=C\CCCC(=O)OC[C@H](COP(=O)(O)OC[C@@H](O)COP(=O)(O)OC[C@@H](COC(=O)CCCCCCC/C=C\C/C=C\CCCCC)OC(=O)CCCCCCC/C=C\CCCCCCCC)OC(=O)CCC/C=C\C/C=C\C/C=C\C/C=C\CCCCC. The second-order valence-corrected chi connectivity index (χ2v) is 29.5. The average Bonchev–Trinajstić information content (AvgIpc) is 0.926. The van der Waals surface area contributed by atoms with Crippen LogP contribution in [0.25, 0.3) is 0 Å². The highest BCUT2D eigenvalue weighted by Gasteiger charge is 2.30. The molecule has 0 amide bonds. The van der Waals surface area contributed by atoms with E-state index in [9.17, 15) is 43.2 Å². The summed E-state index contributed by atoms with van der Waals surface area (Å²) in [7, 11) is -10.0. The summed E-state index contributed by atoms with van der Waals surface area (Å²) in [6.07, 6.45) is 85.8. The first-order valence-corrected chi connectivity index (χ1v) is 43.4. The molecule has 0 aromatic carbocycles.